The Hall–Kier alpha value is -2.17. The van der Waals surface area contributed by atoms with Gasteiger partial charge in [-0.3, -0.25) is 9.59 Å². The fourth-order valence-electron chi connectivity index (χ4n) is 2.00. The minimum Gasteiger partial charge on any atom is -0.469 e. The highest BCUT2D eigenvalue weighted by atomic mass is 16.5. The Morgan fingerprint density at radius 2 is 1.86 bits per heavy atom. The Labute approximate surface area is 125 Å². The first kappa shape index (κ1) is 16.9. The topological polar surface area (TPSA) is 59.0 Å². The predicted octanol–water partition coefficient (Wildman–Crippen LogP) is 3.00. The van der Waals surface area contributed by atoms with Crippen LogP contribution in [0.3, 0.4) is 0 Å². The van der Waals surface area contributed by atoms with Gasteiger partial charge in [0.2, 0.25) is 0 Å². The Morgan fingerprint density at radius 1 is 1.29 bits per heavy atom. The van der Waals surface area contributed by atoms with Gasteiger partial charge in [0, 0.05) is 0 Å². The lowest BCUT2D eigenvalue weighted by atomic mass is 9.82. The number of methoxy groups -OCH3 is 1. The van der Waals surface area contributed by atoms with Crippen molar-refractivity contribution in [2.75, 3.05) is 12.1 Å². The van der Waals surface area contributed by atoms with E-state index in [1.807, 2.05) is 32.0 Å². The number of esters is 1. The highest BCUT2D eigenvalue weighted by Gasteiger charge is 2.47. The summed E-state index contributed by atoms with van der Waals surface area (Å²) in [5, 5.41) is 5.62. The molecular formula is C16H22N2O3. The van der Waals surface area contributed by atoms with Crippen molar-refractivity contribution in [2.24, 2.45) is 10.5 Å². The summed E-state index contributed by atoms with van der Waals surface area (Å²) in [5.41, 5.74) is 0.385. The van der Waals surface area contributed by atoms with Crippen LogP contribution in [-0.2, 0) is 14.3 Å². The number of rotatable bonds is 3. The molecule has 0 aromatic heterocycles. The zero-order valence-corrected chi connectivity index (χ0v) is 13.2. The number of hydrazone groups is 1. The second kappa shape index (κ2) is 7.02. The summed E-state index contributed by atoms with van der Waals surface area (Å²) in [7, 11) is 1.31. The van der Waals surface area contributed by atoms with E-state index in [1.54, 1.807) is 26.0 Å². The summed E-state index contributed by atoms with van der Waals surface area (Å²) >= 11 is 0. The molecule has 0 radical (unpaired) electrons. The van der Waals surface area contributed by atoms with Crippen molar-refractivity contribution in [1.82, 2.24) is 0 Å². The Bertz CT molecular complexity index is 540. The maximum atomic E-state index is 12.5. The molecular weight excluding hydrogens is 268 g/mol. The number of para-hydroxylation sites is 1. The molecule has 1 amide bonds. The smallest absolute Gasteiger partial charge is 0.306 e. The summed E-state index contributed by atoms with van der Waals surface area (Å²) in [5.74, 6) is -0.623. The summed E-state index contributed by atoms with van der Waals surface area (Å²) < 4.78 is 4.65. The lowest BCUT2D eigenvalue weighted by molar-refractivity contribution is -0.144. The van der Waals surface area contributed by atoms with Gasteiger partial charge < -0.3 is 4.74 Å². The van der Waals surface area contributed by atoms with Crippen molar-refractivity contribution in [3.8, 4) is 0 Å². The maximum Gasteiger partial charge on any atom is 0.306 e. The van der Waals surface area contributed by atoms with E-state index in [9.17, 15) is 9.59 Å². The molecule has 0 saturated carbocycles. The molecule has 2 rings (SSSR count). The predicted molar refractivity (Wildman–Crippen MR) is 83.1 cm³/mol. The molecule has 1 aromatic carbocycles. The van der Waals surface area contributed by atoms with Gasteiger partial charge in [-0.1, -0.05) is 32.0 Å². The van der Waals surface area contributed by atoms with Crippen molar-refractivity contribution in [1.29, 1.82) is 0 Å². The first-order valence-electron chi connectivity index (χ1n) is 7.01. The van der Waals surface area contributed by atoms with Gasteiger partial charge >= 0.3 is 5.97 Å². The van der Waals surface area contributed by atoms with Crippen LogP contribution in [0.5, 0.6) is 0 Å². The first-order valence-corrected chi connectivity index (χ1v) is 7.01. The van der Waals surface area contributed by atoms with Gasteiger partial charge in [-0.2, -0.15) is 10.1 Å². The highest BCUT2D eigenvalue weighted by Crippen LogP contribution is 2.35. The van der Waals surface area contributed by atoms with E-state index in [2.05, 4.69) is 9.84 Å². The lowest BCUT2D eigenvalue weighted by Crippen LogP contribution is -2.38. The van der Waals surface area contributed by atoms with Crippen LogP contribution < -0.4 is 5.01 Å². The van der Waals surface area contributed by atoms with E-state index in [1.165, 1.54) is 12.1 Å². The molecule has 0 N–H and O–H groups in total. The number of carbonyl (C=O) groups excluding carboxylic acids is 2. The number of amides is 1. The first-order chi connectivity index (χ1) is 9.99. The van der Waals surface area contributed by atoms with Crippen molar-refractivity contribution < 1.29 is 14.3 Å². The third-order valence-electron chi connectivity index (χ3n) is 3.44. The van der Waals surface area contributed by atoms with Crippen molar-refractivity contribution >= 4 is 23.3 Å². The molecule has 0 spiro atoms. The molecule has 1 unspecified atom stereocenters. The van der Waals surface area contributed by atoms with Crippen molar-refractivity contribution in [2.45, 2.75) is 34.1 Å². The average Bonchev–Trinajstić information content (AvgIpc) is 2.74. The molecule has 114 valence electrons. The van der Waals surface area contributed by atoms with Crippen LogP contribution in [0.1, 0.15) is 34.1 Å². The van der Waals surface area contributed by atoms with Gasteiger partial charge in [-0.15, -0.1) is 0 Å². The van der Waals surface area contributed by atoms with E-state index in [0.29, 0.717) is 11.4 Å². The van der Waals surface area contributed by atoms with Crippen LogP contribution in [0.2, 0.25) is 0 Å². The molecule has 1 heterocycles. The van der Waals surface area contributed by atoms with Gasteiger partial charge in [0.1, 0.15) is 0 Å². The molecule has 5 nitrogen and oxygen atoms in total. The van der Waals surface area contributed by atoms with Gasteiger partial charge in [-0.25, -0.2) is 0 Å². The molecule has 0 aliphatic carbocycles. The summed E-state index contributed by atoms with van der Waals surface area (Å²) in [6.07, 6.45) is 0.000992. The second-order valence-corrected chi connectivity index (χ2v) is 4.72. The number of hydrogen-bond acceptors (Lipinski definition) is 4. The maximum absolute atomic E-state index is 12.5. The molecule has 0 bridgehead atoms. The van der Waals surface area contributed by atoms with Crippen LogP contribution in [0.15, 0.2) is 35.4 Å². The molecule has 5 heteroatoms. The van der Waals surface area contributed by atoms with E-state index >= 15 is 0 Å². The molecule has 21 heavy (non-hydrogen) atoms. The second-order valence-electron chi connectivity index (χ2n) is 4.72. The van der Waals surface area contributed by atoms with Gasteiger partial charge in [0.15, 0.2) is 0 Å². The fourth-order valence-corrected chi connectivity index (χ4v) is 2.00. The number of ether oxygens (including phenoxy) is 1. The van der Waals surface area contributed by atoms with E-state index in [0.717, 1.165) is 0 Å². The summed E-state index contributed by atoms with van der Waals surface area (Å²) in [4.78, 5) is 24.0. The number of benzene rings is 1. The Morgan fingerprint density at radius 3 is 2.38 bits per heavy atom. The molecule has 0 saturated heterocycles. The zero-order chi connectivity index (χ0) is 16.0. The SMILES string of the molecule is CC.COC(=O)CC1(C)C(=O)N(c2ccccc2)N=C1C. The number of nitrogens with zero attached hydrogens (tertiary/aromatic N) is 2. The fraction of sp³-hybridized carbons (Fsp3) is 0.438. The monoisotopic (exact) mass is 290 g/mol. The normalized spacial score (nSPS) is 20.5. The van der Waals surface area contributed by atoms with Crippen molar-refractivity contribution in [3.63, 3.8) is 0 Å². The Balaban J connectivity index is 0.00000106. The lowest BCUT2D eigenvalue weighted by Gasteiger charge is -2.22. The van der Waals surface area contributed by atoms with Gasteiger partial charge in [0.25, 0.3) is 5.91 Å². The third kappa shape index (κ3) is 3.29. The number of anilines is 1. The summed E-state index contributed by atoms with van der Waals surface area (Å²) in [6, 6.07) is 9.15. The third-order valence-corrected chi connectivity index (χ3v) is 3.44. The standard InChI is InChI=1S/C14H16N2O3.C2H6/c1-10-14(2,9-12(17)19-3)13(18)16(15-10)11-7-5-4-6-8-11;1-2/h4-8H,9H2,1-3H3;1-2H3. The quantitative estimate of drug-likeness (QED) is 0.804. The van der Waals surface area contributed by atoms with E-state index in [4.69, 9.17) is 0 Å². The minimum atomic E-state index is -0.928. The Kier molecular flexibility index (Phi) is 5.64. The van der Waals surface area contributed by atoms with Crippen molar-refractivity contribution in [3.05, 3.63) is 30.3 Å². The number of hydrogen-bond donors (Lipinski definition) is 0. The van der Waals surface area contributed by atoms with Crippen LogP contribution in [0.4, 0.5) is 5.69 Å². The van der Waals surface area contributed by atoms with Crippen LogP contribution in [0, 0.1) is 5.41 Å². The van der Waals surface area contributed by atoms with Crippen LogP contribution in [-0.4, -0.2) is 24.7 Å². The van der Waals surface area contributed by atoms with E-state index in [-0.39, 0.29) is 12.3 Å². The molecule has 0 fully saturated rings. The van der Waals surface area contributed by atoms with Gasteiger partial charge in [0.05, 0.1) is 30.3 Å². The minimum absolute atomic E-state index is 0.000992. The zero-order valence-electron chi connectivity index (χ0n) is 13.2. The number of carbonyl (C=O) groups is 2. The van der Waals surface area contributed by atoms with Crippen LogP contribution in [0.25, 0.3) is 0 Å². The summed E-state index contributed by atoms with van der Waals surface area (Å²) in [6.45, 7) is 7.47. The van der Waals surface area contributed by atoms with Gasteiger partial charge in [-0.05, 0) is 26.0 Å². The molecule has 1 atom stereocenters. The largest absolute Gasteiger partial charge is 0.469 e. The highest BCUT2D eigenvalue weighted by molar-refractivity contribution is 6.19. The molecule has 1 aliphatic rings. The molecule has 1 aromatic rings. The van der Waals surface area contributed by atoms with E-state index < -0.39 is 11.4 Å². The van der Waals surface area contributed by atoms with Crippen LogP contribution >= 0.6 is 0 Å². The molecule has 1 aliphatic heterocycles. The average molecular weight is 290 g/mol.